The number of esters is 1. The van der Waals surface area contributed by atoms with Gasteiger partial charge in [0.25, 0.3) is 10.2 Å². The molecule has 0 fully saturated rings. The number of hydrogen-bond donors (Lipinski definition) is 4. The van der Waals surface area contributed by atoms with E-state index in [1.807, 2.05) is 44.2 Å². The summed E-state index contributed by atoms with van der Waals surface area (Å²) in [6.07, 6.45) is -0.646. The highest BCUT2D eigenvalue weighted by Gasteiger charge is 2.38. The molecular weight excluding hydrogens is 514 g/mol. The highest BCUT2D eigenvalue weighted by atomic mass is 32.2. The van der Waals surface area contributed by atoms with Crippen molar-refractivity contribution in [3.8, 4) is 0 Å². The van der Waals surface area contributed by atoms with Crippen LogP contribution in [0.5, 0.6) is 0 Å². The molecule has 11 nitrogen and oxygen atoms in total. The number of aliphatic carboxylic acids is 1. The number of carbonyl (C=O) groups is 3. The molecule has 0 saturated heterocycles. The molecule has 4 N–H and O–H groups in total. The van der Waals surface area contributed by atoms with Crippen LogP contribution < -0.4 is 10.0 Å². The van der Waals surface area contributed by atoms with Gasteiger partial charge in [-0.05, 0) is 51.5 Å². The molecule has 0 aliphatic heterocycles. The number of ether oxygens (including phenoxy) is 1. The van der Waals surface area contributed by atoms with E-state index in [0.717, 1.165) is 9.87 Å². The topological polar surface area (TPSA) is 162 Å². The number of carboxylic acids is 1. The third kappa shape index (κ3) is 12.3. The Labute approximate surface area is 226 Å². The van der Waals surface area contributed by atoms with E-state index in [4.69, 9.17) is 9.84 Å². The first kappa shape index (κ1) is 33.5. The van der Waals surface area contributed by atoms with Gasteiger partial charge in [-0.25, -0.2) is 0 Å². The van der Waals surface area contributed by atoms with Gasteiger partial charge in [-0.3, -0.25) is 14.4 Å². The summed E-state index contributed by atoms with van der Waals surface area (Å²) in [6.45, 7) is 8.12. The van der Waals surface area contributed by atoms with Crippen molar-refractivity contribution in [3.05, 3.63) is 35.9 Å². The van der Waals surface area contributed by atoms with E-state index in [0.29, 0.717) is 6.42 Å². The van der Waals surface area contributed by atoms with Crippen LogP contribution in [0.1, 0.15) is 65.9 Å². The lowest BCUT2D eigenvalue weighted by atomic mass is 10.0. The summed E-state index contributed by atoms with van der Waals surface area (Å²) in [6, 6.07) is 8.27. The van der Waals surface area contributed by atoms with Gasteiger partial charge in [0, 0.05) is 25.9 Å². The number of rotatable bonds is 18. The molecule has 0 aromatic heterocycles. The molecule has 0 saturated carbocycles. The first-order valence-corrected chi connectivity index (χ1v) is 14.3. The number of aliphatic hydroxyl groups is 1. The lowest BCUT2D eigenvalue weighted by Crippen LogP contribution is -2.57. The van der Waals surface area contributed by atoms with E-state index < -0.39 is 45.7 Å². The first-order valence-electron chi connectivity index (χ1n) is 12.9. The molecule has 1 aromatic carbocycles. The Balaban J connectivity index is 3.16. The Morgan fingerprint density at radius 2 is 1.74 bits per heavy atom. The zero-order valence-corrected chi connectivity index (χ0v) is 23.8. The van der Waals surface area contributed by atoms with E-state index in [-0.39, 0.29) is 51.3 Å². The van der Waals surface area contributed by atoms with Crippen molar-refractivity contribution in [2.24, 2.45) is 5.92 Å². The second-order valence-electron chi connectivity index (χ2n) is 10.2. The van der Waals surface area contributed by atoms with Crippen LogP contribution in [0.3, 0.4) is 0 Å². The monoisotopic (exact) mass is 557 g/mol. The van der Waals surface area contributed by atoms with Gasteiger partial charge in [0.15, 0.2) is 0 Å². The number of benzene rings is 1. The first-order chi connectivity index (χ1) is 17.7. The Morgan fingerprint density at radius 3 is 2.29 bits per heavy atom. The van der Waals surface area contributed by atoms with Crippen molar-refractivity contribution < 1.29 is 37.8 Å². The van der Waals surface area contributed by atoms with Crippen LogP contribution in [0.4, 0.5) is 0 Å². The zero-order chi connectivity index (χ0) is 28.9. The molecule has 0 spiro atoms. The molecule has 0 radical (unpaired) electrons. The molecule has 1 unspecified atom stereocenters. The Bertz CT molecular complexity index is 999. The fourth-order valence-electron chi connectivity index (χ4n) is 3.62. The molecule has 216 valence electrons. The van der Waals surface area contributed by atoms with Crippen LogP contribution in [-0.2, 0) is 35.8 Å². The largest absolute Gasteiger partial charge is 0.481 e. The van der Waals surface area contributed by atoms with Crippen molar-refractivity contribution in [2.45, 2.75) is 84.4 Å². The minimum atomic E-state index is -4.25. The maximum atomic E-state index is 13.4. The predicted octanol–water partition coefficient (Wildman–Crippen LogP) is 1.85. The summed E-state index contributed by atoms with van der Waals surface area (Å²) in [7, 11) is -4.25. The molecule has 38 heavy (non-hydrogen) atoms. The minimum Gasteiger partial charge on any atom is -0.481 e. The van der Waals surface area contributed by atoms with Gasteiger partial charge in [0.05, 0.1) is 18.8 Å². The zero-order valence-electron chi connectivity index (χ0n) is 23.0. The number of amides is 1. The van der Waals surface area contributed by atoms with Gasteiger partial charge in [0.1, 0.15) is 5.54 Å². The molecule has 0 bridgehead atoms. The lowest BCUT2D eigenvalue weighted by Gasteiger charge is -2.32. The summed E-state index contributed by atoms with van der Waals surface area (Å²) in [5.74, 6) is -2.02. The van der Waals surface area contributed by atoms with Gasteiger partial charge < -0.3 is 20.3 Å². The van der Waals surface area contributed by atoms with Crippen LogP contribution in [0.15, 0.2) is 30.3 Å². The summed E-state index contributed by atoms with van der Waals surface area (Å²) < 4.78 is 35.2. The molecular formula is C26H43N3O8S. The van der Waals surface area contributed by atoms with E-state index >= 15 is 0 Å². The number of aliphatic hydroxyl groups excluding tert-OH is 1. The average molecular weight is 558 g/mol. The van der Waals surface area contributed by atoms with E-state index in [1.165, 1.54) is 13.8 Å². The Kier molecular flexibility index (Phi) is 13.9. The van der Waals surface area contributed by atoms with Crippen molar-refractivity contribution in [1.82, 2.24) is 14.3 Å². The number of nitrogens with zero attached hydrogens (tertiary/aromatic N) is 1. The average Bonchev–Trinajstić information content (AvgIpc) is 2.80. The standard InChI is InChI=1S/C26H43N3O8S/c1-6-37-25(34)26(4,5)28-38(35,36)29(16-15-19(2)3)18-22(30)21(17-20-11-8-7-9-12-20)27-23(31)13-10-14-24(32)33/h7-9,11-12,19,21-22,28,30H,6,10,13-18H2,1-5H3,(H,27,31)(H,32,33)/t21-,22?/m0/s1. The van der Waals surface area contributed by atoms with Crippen LogP contribution >= 0.6 is 0 Å². The second kappa shape index (κ2) is 15.8. The molecule has 0 aliphatic carbocycles. The number of nitrogens with one attached hydrogen (secondary N) is 2. The van der Waals surface area contributed by atoms with Crippen LogP contribution in [-0.4, -0.2) is 78.2 Å². The number of hydrogen-bond acceptors (Lipinski definition) is 7. The van der Waals surface area contributed by atoms with Crippen molar-refractivity contribution in [2.75, 3.05) is 19.7 Å². The van der Waals surface area contributed by atoms with E-state index in [9.17, 15) is 27.9 Å². The van der Waals surface area contributed by atoms with Crippen LogP contribution in [0.25, 0.3) is 0 Å². The molecule has 0 aliphatic rings. The van der Waals surface area contributed by atoms with Crippen molar-refractivity contribution in [3.63, 3.8) is 0 Å². The van der Waals surface area contributed by atoms with E-state index in [2.05, 4.69) is 10.0 Å². The summed E-state index contributed by atoms with van der Waals surface area (Å²) >= 11 is 0. The maximum Gasteiger partial charge on any atom is 0.326 e. The smallest absolute Gasteiger partial charge is 0.326 e. The Morgan fingerprint density at radius 1 is 1.11 bits per heavy atom. The Hall–Kier alpha value is -2.54. The van der Waals surface area contributed by atoms with Crippen LogP contribution in [0.2, 0.25) is 0 Å². The fourth-order valence-corrected chi connectivity index (χ4v) is 5.17. The minimum absolute atomic E-state index is 0.0467. The van der Waals surface area contributed by atoms with Gasteiger partial charge in [-0.15, -0.1) is 0 Å². The predicted molar refractivity (Wildman–Crippen MR) is 143 cm³/mol. The third-order valence-electron chi connectivity index (χ3n) is 5.76. The SMILES string of the molecule is CCOC(=O)C(C)(C)NS(=O)(=O)N(CCC(C)C)CC(O)[C@H](Cc1ccccc1)NC(=O)CCCC(=O)O. The highest BCUT2D eigenvalue weighted by molar-refractivity contribution is 7.87. The fraction of sp³-hybridized carbons (Fsp3) is 0.654. The van der Waals surface area contributed by atoms with Crippen LogP contribution in [0, 0.1) is 5.92 Å². The number of carboxylic acid groups (broad SMARTS) is 1. The molecule has 1 aromatic rings. The normalized spacial score (nSPS) is 13.8. The third-order valence-corrected chi connectivity index (χ3v) is 7.54. The molecule has 2 atom stereocenters. The van der Waals surface area contributed by atoms with Crippen molar-refractivity contribution >= 4 is 28.1 Å². The van der Waals surface area contributed by atoms with Gasteiger partial charge in [-0.2, -0.15) is 17.4 Å². The summed E-state index contributed by atoms with van der Waals surface area (Å²) in [5.41, 5.74) is -0.724. The van der Waals surface area contributed by atoms with Crippen molar-refractivity contribution in [1.29, 1.82) is 0 Å². The van der Waals surface area contributed by atoms with E-state index in [1.54, 1.807) is 6.92 Å². The summed E-state index contributed by atoms with van der Waals surface area (Å²) in [5, 5.41) is 22.8. The molecule has 1 amide bonds. The lowest BCUT2D eigenvalue weighted by molar-refractivity contribution is -0.149. The number of carbonyl (C=O) groups excluding carboxylic acids is 2. The maximum absolute atomic E-state index is 13.4. The van der Waals surface area contributed by atoms with Gasteiger partial charge in [-0.1, -0.05) is 44.2 Å². The van der Waals surface area contributed by atoms with Gasteiger partial charge >= 0.3 is 11.9 Å². The molecule has 12 heteroatoms. The van der Waals surface area contributed by atoms with Gasteiger partial charge in [0.2, 0.25) is 5.91 Å². The second-order valence-corrected chi connectivity index (χ2v) is 11.8. The quantitative estimate of drug-likeness (QED) is 0.199. The molecule has 1 rings (SSSR count). The highest BCUT2D eigenvalue weighted by Crippen LogP contribution is 2.15. The molecule has 0 heterocycles. The summed E-state index contributed by atoms with van der Waals surface area (Å²) in [4.78, 5) is 35.6.